The molecule has 5 nitrogen and oxygen atoms in total. The van der Waals surface area contributed by atoms with Gasteiger partial charge in [0.2, 0.25) is 0 Å². The summed E-state index contributed by atoms with van der Waals surface area (Å²) < 4.78 is 5.45. The first-order valence-electron chi connectivity index (χ1n) is 7.89. The third kappa shape index (κ3) is 7.99. The maximum absolute atomic E-state index is 9.93. The standard InChI is InChI=1S/C18H21Cl2N3O2.HI/c19-15-7-4-8-16(17(15)20)25-12-14(24)11-23-18(21)22-10-9-13-5-2-1-3-6-13;/h1-8,14,24H,9-12H2,(H3,21,22,23);1H. The predicted molar refractivity (Wildman–Crippen MR) is 118 cm³/mol. The quantitative estimate of drug-likeness (QED) is 0.289. The highest BCUT2D eigenvalue weighted by atomic mass is 127. The number of halogens is 3. The van der Waals surface area contributed by atoms with E-state index >= 15 is 0 Å². The molecule has 0 aromatic heterocycles. The van der Waals surface area contributed by atoms with Gasteiger partial charge in [-0.2, -0.15) is 0 Å². The summed E-state index contributed by atoms with van der Waals surface area (Å²) in [5.41, 5.74) is 7.00. The predicted octanol–water partition coefficient (Wildman–Crippen LogP) is 3.50. The molecule has 0 fully saturated rings. The molecule has 2 aromatic rings. The summed E-state index contributed by atoms with van der Waals surface area (Å²) in [6.45, 7) is 0.841. The minimum absolute atomic E-state index is 0. The fraction of sp³-hybridized carbons (Fsp3) is 0.278. The number of hydrogen-bond acceptors (Lipinski definition) is 3. The number of nitrogens with zero attached hydrogens (tertiary/aromatic N) is 1. The number of ether oxygens (including phenoxy) is 1. The topological polar surface area (TPSA) is 79.9 Å². The number of nitrogens with one attached hydrogen (secondary N) is 1. The van der Waals surface area contributed by atoms with Crippen LogP contribution in [0, 0.1) is 0 Å². The van der Waals surface area contributed by atoms with Crippen molar-refractivity contribution in [3.63, 3.8) is 0 Å². The number of rotatable bonds is 8. The Hall–Kier alpha value is -1.22. The number of aliphatic hydroxyl groups excluding tert-OH is 1. The van der Waals surface area contributed by atoms with Gasteiger partial charge in [-0.25, -0.2) is 0 Å². The second kappa shape index (κ2) is 12.2. The number of benzene rings is 2. The molecule has 0 amide bonds. The zero-order valence-corrected chi connectivity index (χ0v) is 17.9. The Morgan fingerprint density at radius 3 is 2.62 bits per heavy atom. The van der Waals surface area contributed by atoms with E-state index in [1.54, 1.807) is 18.2 Å². The summed E-state index contributed by atoms with van der Waals surface area (Å²) in [7, 11) is 0. The van der Waals surface area contributed by atoms with Crippen molar-refractivity contribution in [2.75, 3.05) is 19.7 Å². The Balaban J connectivity index is 0.00000338. The third-order valence-electron chi connectivity index (χ3n) is 3.38. The normalized spacial score (nSPS) is 12.2. The zero-order chi connectivity index (χ0) is 18.1. The van der Waals surface area contributed by atoms with Crippen LogP contribution in [0.1, 0.15) is 5.56 Å². The molecule has 2 rings (SSSR count). The first-order valence-corrected chi connectivity index (χ1v) is 8.64. The minimum Gasteiger partial charge on any atom is -0.489 e. The van der Waals surface area contributed by atoms with Gasteiger partial charge >= 0.3 is 0 Å². The average Bonchev–Trinajstić information content (AvgIpc) is 2.62. The van der Waals surface area contributed by atoms with Gasteiger partial charge in [0.15, 0.2) is 5.96 Å². The monoisotopic (exact) mass is 509 g/mol. The van der Waals surface area contributed by atoms with Gasteiger partial charge in [0, 0.05) is 6.54 Å². The molecule has 0 radical (unpaired) electrons. The molecule has 0 aliphatic carbocycles. The summed E-state index contributed by atoms with van der Waals surface area (Å²) in [4.78, 5) is 4.10. The van der Waals surface area contributed by atoms with Crippen LogP contribution < -0.4 is 15.8 Å². The summed E-state index contributed by atoms with van der Waals surface area (Å²) >= 11 is 11.9. The SMILES string of the molecule is I.NC(=NCC(O)COc1cccc(Cl)c1Cl)NCCc1ccccc1. The largest absolute Gasteiger partial charge is 0.489 e. The molecule has 2 aromatic carbocycles. The van der Waals surface area contributed by atoms with E-state index in [4.69, 9.17) is 33.7 Å². The summed E-state index contributed by atoms with van der Waals surface area (Å²) in [5, 5.41) is 13.7. The van der Waals surface area contributed by atoms with Gasteiger partial charge in [0.05, 0.1) is 11.6 Å². The second-order valence-corrected chi connectivity index (χ2v) is 6.19. The van der Waals surface area contributed by atoms with Crippen LogP contribution in [-0.4, -0.2) is 36.9 Å². The van der Waals surface area contributed by atoms with E-state index in [2.05, 4.69) is 22.4 Å². The number of guanidine groups is 1. The number of aliphatic hydroxyl groups is 1. The molecule has 0 aliphatic heterocycles. The van der Waals surface area contributed by atoms with E-state index in [1.165, 1.54) is 5.56 Å². The maximum atomic E-state index is 9.93. The number of nitrogens with two attached hydrogens (primary N) is 1. The second-order valence-electron chi connectivity index (χ2n) is 5.41. The van der Waals surface area contributed by atoms with E-state index in [1.807, 2.05) is 18.2 Å². The molecule has 0 spiro atoms. The molecule has 4 N–H and O–H groups in total. The van der Waals surface area contributed by atoms with Crippen molar-refractivity contribution in [1.29, 1.82) is 0 Å². The van der Waals surface area contributed by atoms with E-state index in [0.29, 0.717) is 22.3 Å². The molecule has 0 heterocycles. The van der Waals surface area contributed by atoms with Crippen molar-refractivity contribution in [2.24, 2.45) is 10.7 Å². The van der Waals surface area contributed by atoms with Crippen molar-refractivity contribution in [3.8, 4) is 5.75 Å². The lowest BCUT2D eigenvalue weighted by atomic mass is 10.1. The summed E-state index contributed by atoms with van der Waals surface area (Å²) in [6, 6.07) is 15.2. The van der Waals surface area contributed by atoms with Gasteiger partial charge in [0.1, 0.15) is 23.5 Å². The third-order valence-corrected chi connectivity index (χ3v) is 4.18. The maximum Gasteiger partial charge on any atom is 0.188 e. The molecule has 26 heavy (non-hydrogen) atoms. The molecule has 0 aliphatic rings. The van der Waals surface area contributed by atoms with Crippen molar-refractivity contribution < 1.29 is 9.84 Å². The zero-order valence-electron chi connectivity index (χ0n) is 14.1. The molecule has 0 saturated carbocycles. The lowest BCUT2D eigenvalue weighted by molar-refractivity contribution is 0.114. The Morgan fingerprint density at radius 1 is 1.15 bits per heavy atom. The summed E-state index contributed by atoms with van der Waals surface area (Å²) in [5.74, 6) is 0.710. The highest BCUT2D eigenvalue weighted by Gasteiger charge is 2.09. The van der Waals surface area contributed by atoms with Crippen molar-refractivity contribution in [1.82, 2.24) is 5.32 Å². The van der Waals surface area contributed by atoms with Crippen LogP contribution in [0.15, 0.2) is 53.5 Å². The Bertz CT molecular complexity index is 702. The number of hydrogen-bond donors (Lipinski definition) is 3. The molecular weight excluding hydrogens is 488 g/mol. The Morgan fingerprint density at radius 2 is 1.88 bits per heavy atom. The van der Waals surface area contributed by atoms with Crippen LogP contribution in [-0.2, 0) is 6.42 Å². The Labute approximate surface area is 180 Å². The van der Waals surface area contributed by atoms with E-state index in [0.717, 1.165) is 6.42 Å². The molecule has 0 bridgehead atoms. The van der Waals surface area contributed by atoms with Gasteiger partial charge in [-0.05, 0) is 24.1 Å². The fourth-order valence-electron chi connectivity index (χ4n) is 2.07. The first kappa shape index (κ1) is 22.8. The minimum atomic E-state index is -0.801. The van der Waals surface area contributed by atoms with Gasteiger partial charge in [-0.1, -0.05) is 59.6 Å². The average molecular weight is 510 g/mol. The van der Waals surface area contributed by atoms with Crippen LogP contribution >= 0.6 is 47.2 Å². The molecule has 1 atom stereocenters. The van der Waals surface area contributed by atoms with Crippen molar-refractivity contribution in [2.45, 2.75) is 12.5 Å². The van der Waals surface area contributed by atoms with E-state index in [-0.39, 0.29) is 43.1 Å². The molecule has 1 unspecified atom stereocenters. The van der Waals surface area contributed by atoms with Crippen molar-refractivity contribution >= 4 is 53.1 Å². The van der Waals surface area contributed by atoms with Gasteiger partial charge in [0.25, 0.3) is 0 Å². The molecule has 142 valence electrons. The van der Waals surface area contributed by atoms with Gasteiger partial charge < -0.3 is 20.9 Å². The smallest absolute Gasteiger partial charge is 0.188 e. The Kier molecular flexibility index (Phi) is 10.7. The van der Waals surface area contributed by atoms with Crippen LogP contribution in [0.3, 0.4) is 0 Å². The first-order chi connectivity index (χ1) is 12.1. The fourth-order valence-corrected chi connectivity index (χ4v) is 2.42. The van der Waals surface area contributed by atoms with Crippen molar-refractivity contribution in [3.05, 3.63) is 64.1 Å². The van der Waals surface area contributed by atoms with Crippen LogP contribution in [0.4, 0.5) is 0 Å². The van der Waals surface area contributed by atoms with Crippen LogP contribution in [0.2, 0.25) is 10.0 Å². The van der Waals surface area contributed by atoms with Gasteiger partial charge in [-0.15, -0.1) is 24.0 Å². The van der Waals surface area contributed by atoms with E-state index < -0.39 is 6.10 Å². The highest BCUT2D eigenvalue weighted by molar-refractivity contribution is 14.0. The lowest BCUT2D eigenvalue weighted by Gasteiger charge is -2.12. The summed E-state index contributed by atoms with van der Waals surface area (Å²) in [6.07, 6.45) is 0.0419. The van der Waals surface area contributed by atoms with E-state index in [9.17, 15) is 5.11 Å². The highest BCUT2D eigenvalue weighted by Crippen LogP contribution is 2.31. The molecule has 0 saturated heterocycles. The lowest BCUT2D eigenvalue weighted by Crippen LogP contribution is -2.34. The van der Waals surface area contributed by atoms with Crippen LogP contribution in [0.5, 0.6) is 5.75 Å². The number of aliphatic imine (C=N–C) groups is 1. The van der Waals surface area contributed by atoms with Crippen LogP contribution in [0.25, 0.3) is 0 Å². The molecular formula is C18H22Cl2IN3O2. The molecule has 8 heteroatoms. The van der Waals surface area contributed by atoms with Gasteiger partial charge in [-0.3, -0.25) is 4.99 Å².